The van der Waals surface area contributed by atoms with E-state index in [1.54, 1.807) is 0 Å². The van der Waals surface area contributed by atoms with Crippen LogP contribution in [0.5, 0.6) is 0 Å². The van der Waals surface area contributed by atoms with E-state index in [0.717, 1.165) is 25.8 Å². The molecule has 4 atom stereocenters. The van der Waals surface area contributed by atoms with E-state index in [1.165, 1.54) is 0 Å². The van der Waals surface area contributed by atoms with Gasteiger partial charge >= 0.3 is 0 Å². The van der Waals surface area contributed by atoms with Gasteiger partial charge in [0.1, 0.15) is 0 Å². The van der Waals surface area contributed by atoms with Crippen molar-refractivity contribution >= 4 is 5.91 Å². The Morgan fingerprint density at radius 2 is 2.00 bits per heavy atom. The number of amides is 1. The van der Waals surface area contributed by atoms with Gasteiger partial charge < -0.3 is 16.0 Å². The summed E-state index contributed by atoms with van der Waals surface area (Å²) in [5.41, 5.74) is 6.01. The molecule has 0 radical (unpaired) electrons. The third-order valence-electron chi connectivity index (χ3n) is 4.27. The van der Waals surface area contributed by atoms with Gasteiger partial charge in [-0.2, -0.15) is 0 Å². The van der Waals surface area contributed by atoms with Gasteiger partial charge in [0.2, 0.25) is 5.91 Å². The second-order valence-electron chi connectivity index (χ2n) is 6.78. The minimum Gasteiger partial charge on any atom is -0.352 e. The largest absolute Gasteiger partial charge is 0.352 e. The van der Waals surface area contributed by atoms with Crippen LogP contribution in [0.4, 0.5) is 0 Å². The average Bonchev–Trinajstić information content (AvgIpc) is 2.30. The minimum absolute atomic E-state index is 0.0900. The standard InChI is InChI=1S/C15H31N3O/c1-10(2)14(9-18(4)5)17-15(19)13-8-12(16)7-6-11(13)3/h10-14H,6-9,16H2,1-5H3,(H,17,19). The van der Waals surface area contributed by atoms with Crippen LogP contribution in [0.25, 0.3) is 0 Å². The van der Waals surface area contributed by atoms with Crippen molar-refractivity contribution in [3.63, 3.8) is 0 Å². The first-order valence-electron chi connectivity index (χ1n) is 7.52. The highest BCUT2D eigenvalue weighted by Gasteiger charge is 2.32. The number of hydrogen-bond donors (Lipinski definition) is 2. The van der Waals surface area contributed by atoms with Gasteiger partial charge in [-0.05, 0) is 45.2 Å². The van der Waals surface area contributed by atoms with E-state index in [1.807, 2.05) is 14.1 Å². The predicted molar refractivity (Wildman–Crippen MR) is 79.8 cm³/mol. The van der Waals surface area contributed by atoms with Crippen LogP contribution < -0.4 is 11.1 Å². The first-order valence-corrected chi connectivity index (χ1v) is 7.52. The normalized spacial score (nSPS) is 29.6. The summed E-state index contributed by atoms with van der Waals surface area (Å²) in [6.45, 7) is 7.37. The molecule has 0 aliphatic heterocycles. The second-order valence-corrected chi connectivity index (χ2v) is 6.78. The lowest BCUT2D eigenvalue weighted by Gasteiger charge is -2.34. The molecule has 1 aliphatic carbocycles. The Bertz CT molecular complexity index is 291. The number of nitrogens with two attached hydrogens (primary N) is 1. The van der Waals surface area contributed by atoms with E-state index in [9.17, 15) is 4.79 Å². The van der Waals surface area contributed by atoms with Crippen LogP contribution in [0.2, 0.25) is 0 Å². The average molecular weight is 269 g/mol. The van der Waals surface area contributed by atoms with Crippen molar-refractivity contribution in [2.24, 2.45) is 23.5 Å². The summed E-state index contributed by atoms with van der Waals surface area (Å²) in [5, 5.41) is 3.23. The maximum atomic E-state index is 12.5. The molecule has 1 aliphatic rings. The first-order chi connectivity index (χ1) is 8.81. The fourth-order valence-corrected chi connectivity index (χ4v) is 2.83. The molecular formula is C15H31N3O. The monoisotopic (exact) mass is 269 g/mol. The molecule has 1 fully saturated rings. The van der Waals surface area contributed by atoms with Crippen LogP contribution in [0.3, 0.4) is 0 Å². The Kier molecular flexibility index (Phi) is 6.27. The molecule has 19 heavy (non-hydrogen) atoms. The van der Waals surface area contributed by atoms with E-state index in [2.05, 4.69) is 31.0 Å². The maximum Gasteiger partial charge on any atom is 0.223 e. The molecule has 3 N–H and O–H groups in total. The molecule has 4 nitrogen and oxygen atoms in total. The zero-order chi connectivity index (χ0) is 14.6. The Balaban J connectivity index is 2.60. The van der Waals surface area contributed by atoms with E-state index in [-0.39, 0.29) is 23.9 Å². The van der Waals surface area contributed by atoms with E-state index in [0.29, 0.717) is 11.8 Å². The summed E-state index contributed by atoms with van der Waals surface area (Å²) in [6, 6.07) is 0.408. The highest BCUT2D eigenvalue weighted by Crippen LogP contribution is 2.29. The van der Waals surface area contributed by atoms with Crippen molar-refractivity contribution < 1.29 is 4.79 Å². The molecule has 0 heterocycles. The molecule has 112 valence electrons. The molecule has 1 amide bonds. The highest BCUT2D eigenvalue weighted by molar-refractivity contribution is 5.79. The molecular weight excluding hydrogens is 238 g/mol. The Morgan fingerprint density at radius 1 is 1.37 bits per heavy atom. The van der Waals surface area contributed by atoms with Crippen LogP contribution in [0.15, 0.2) is 0 Å². The second kappa shape index (κ2) is 7.25. The number of carbonyl (C=O) groups excluding carboxylic acids is 1. The quantitative estimate of drug-likeness (QED) is 0.794. The molecule has 4 unspecified atom stereocenters. The van der Waals surface area contributed by atoms with Crippen LogP contribution in [0, 0.1) is 17.8 Å². The smallest absolute Gasteiger partial charge is 0.223 e. The molecule has 0 bridgehead atoms. The lowest BCUT2D eigenvalue weighted by atomic mass is 9.77. The Hall–Kier alpha value is -0.610. The van der Waals surface area contributed by atoms with Gasteiger partial charge in [0.15, 0.2) is 0 Å². The van der Waals surface area contributed by atoms with Gasteiger partial charge in [0, 0.05) is 24.5 Å². The number of carbonyl (C=O) groups is 1. The summed E-state index contributed by atoms with van der Waals surface area (Å²) in [7, 11) is 4.08. The van der Waals surface area contributed by atoms with Crippen molar-refractivity contribution in [2.75, 3.05) is 20.6 Å². The number of hydrogen-bond acceptors (Lipinski definition) is 3. The van der Waals surface area contributed by atoms with Gasteiger partial charge in [0.25, 0.3) is 0 Å². The topological polar surface area (TPSA) is 58.4 Å². The SMILES string of the molecule is CC(C)C(CN(C)C)NC(=O)C1CC(N)CCC1C. The van der Waals surface area contributed by atoms with Crippen molar-refractivity contribution in [1.82, 2.24) is 10.2 Å². The fraction of sp³-hybridized carbons (Fsp3) is 0.933. The van der Waals surface area contributed by atoms with Gasteiger partial charge in [-0.15, -0.1) is 0 Å². The predicted octanol–water partition coefficient (Wildman–Crippen LogP) is 1.45. The van der Waals surface area contributed by atoms with Crippen molar-refractivity contribution in [3.8, 4) is 0 Å². The van der Waals surface area contributed by atoms with E-state index in [4.69, 9.17) is 5.73 Å². The van der Waals surface area contributed by atoms with Crippen molar-refractivity contribution in [2.45, 2.75) is 52.1 Å². The first kappa shape index (κ1) is 16.4. The van der Waals surface area contributed by atoms with Crippen LogP contribution in [-0.4, -0.2) is 43.5 Å². The molecule has 0 aromatic heterocycles. The lowest BCUT2D eigenvalue weighted by Crippen LogP contribution is -2.49. The maximum absolute atomic E-state index is 12.5. The van der Waals surface area contributed by atoms with Crippen LogP contribution in [0.1, 0.15) is 40.0 Å². The van der Waals surface area contributed by atoms with Gasteiger partial charge in [0.05, 0.1) is 0 Å². The number of nitrogens with zero attached hydrogens (tertiary/aromatic N) is 1. The Labute approximate surface area is 118 Å². The van der Waals surface area contributed by atoms with Gasteiger partial charge in [-0.3, -0.25) is 4.79 Å². The van der Waals surface area contributed by atoms with Crippen molar-refractivity contribution in [1.29, 1.82) is 0 Å². The summed E-state index contributed by atoms with van der Waals surface area (Å²) in [4.78, 5) is 14.6. The molecule has 0 aromatic carbocycles. The number of rotatable bonds is 5. The van der Waals surface area contributed by atoms with Crippen molar-refractivity contribution in [3.05, 3.63) is 0 Å². The van der Waals surface area contributed by atoms with Gasteiger partial charge in [-0.25, -0.2) is 0 Å². The third kappa shape index (κ3) is 5.11. The van der Waals surface area contributed by atoms with Crippen LogP contribution >= 0.6 is 0 Å². The summed E-state index contributed by atoms with van der Waals surface area (Å²) < 4.78 is 0. The molecule has 0 aromatic rings. The molecule has 0 spiro atoms. The Morgan fingerprint density at radius 3 is 2.53 bits per heavy atom. The zero-order valence-corrected chi connectivity index (χ0v) is 13.1. The zero-order valence-electron chi connectivity index (χ0n) is 13.1. The minimum atomic E-state index is 0.0900. The lowest BCUT2D eigenvalue weighted by molar-refractivity contribution is -0.128. The highest BCUT2D eigenvalue weighted by atomic mass is 16.2. The molecule has 1 rings (SSSR count). The summed E-state index contributed by atoms with van der Waals surface area (Å²) in [5.74, 6) is 1.18. The fourth-order valence-electron chi connectivity index (χ4n) is 2.83. The molecule has 4 heteroatoms. The summed E-state index contributed by atoms with van der Waals surface area (Å²) >= 11 is 0. The molecule has 0 saturated heterocycles. The van der Waals surface area contributed by atoms with Crippen LogP contribution in [-0.2, 0) is 4.79 Å². The number of likely N-dealkylation sites (N-methyl/N-ethyl adjacent to an activating group) is 1. The molecule has 1 saturated carbocycles. The third-order valence-corrected chi connectivity index (χ3v) is 4.27. The van der Waals surface area contributed by atoms with E-state index < -0.39 is 0 Å². The van der Waals surface area contributed by atoms with Gasteiger partial charge in [-0.1, -0.05) is 20.8 Å². The summed E-state index contributed by atoms with van der Waals surface area (Å²) in [6.07, 6.45) is 2.95. The number of nitrogens with one attached hydrogen (secondary N) is 1. The van der Waals surface area contributed by atoms with E-state index >= 15 is 0 Å².